The molecule has 1 aliphatic heterocycles. The van der Waals surface area contributed by atoms with E-state index in [4.69, 9.17) is 18.6 Å². The first-order valence-electron chi connectivity index (χ1n) is 11.1. The first kappa shape index (κ1) is 24.6. The average Bonchev–Trinajstić information content (AvgIpc) is 2.80. The summed E-state index contributed by atoms with van der Waals surface area (Å²) in [6.45, 7) is 7.09. The number of nitrogens with zero attached hydrogens (tertiary/aromatic N) is 1. The highest BCUT2D eigenvalue weighted by Gasteiger charge is 2.41. The molecule has 0 saturated heterocycles. The van der Waals surface area contributed by atoms with Crippen LogP contribution in [0.3, 0.4) is 0 Å². The zero-order valence-corrected chi connectivity index (χ0v) is 19.4. The molecule has 0 unspecified atom stereocenters. The molecule has 0 aliphatic carbocycles. The monoisotopic (exact) mass is 491 g/mol. The summed E-state index contributed by atoms with van der Waals surface area (Å²) < 4.78 is 63.2. The first-order valence-corrected chi connectivity index (χ1v) is 11.1. The Morgan fingerprint density at radius 3 is 2.49 bits per heavy atom. The molecule has 0 spiro atoms. The predicted octanol–water partition coefficient (Wildman–Crippen LogP) is 5.59. The maximum Gasteiger partial charge on any atom is 0.453 e. The number of hydrogen-bond acceptors (Lipinski definition) is 7. The second kappa shape index (κ2) is 9.61. The first-order chi connectivity index (χ1) is 16.6. The maximum absolute atomic E-state index is 14.0. The maximum atomic E-state index is 14.0. The van der Waals surface area contributed by atoms with E-state index in [0.29, 0.717) is 23.8 Å². The van der Waals surface area contributed by atoms with Gasteiger partial charge in [0, 0.05) is 13.1 Å². The molecular weight excluding hydrogens is 467 g/mol. The van der Waals surface area contributed by atoms with Gasteiger partial charge in [-0.2, -0.15) is 13.2 Å². The average molecular weight is 491 g/mol. The number of ether oxygens (including phenoxy) is 3. The number of fused-ring (bicyclic) bond motifs is 3. The summed E-state index contributed by atoms with van der Waals surface area (Å²) in [5.41, 5.74) is -0.573. The molecule has 2 aromatic carbocycles. The van der Waals surface area contributed by atoms with Gasteiger partial charge in [0.05, 0.1) is 23.1 Å². The number of carbonyl (C=O) groups is 1. The molecule has 1 aromatic heterocycles. The zero-order valence-electron chi connectivity index (χ0n) is 19.4. The second-order valence-electron chi connectivity index (χ2n) is 8.53. The minimum atomic E-state index is -5.00. The van der Waals surface area contributed by atoms with Crippen LogP contribution < -0.4 is 14.9 Å². The van der Waals surface area contributed by atoms with Gasteiger partial charge in [-0.05, 0) is 49.2 Å². The van der Waals surface area contributed by atoms with Crippen LogP contribution in [0.15, 0.2) is 45.6 Å². The van der Waals surface area contributed by atoms with Gasteiger partial charge in [0.25, 0.3) is 5.76 Å². The number of benzene rings is 2. The lowest BCUT2D eigenvalue weighted by molar-refractivity contribution is -0.154. The van der Waals surface area contributed by atoms with Crippen LogP contribution in [-0.2, 0) is 17.5 Å². The highest BCUT2D eigenvalue weighted by molar-refractivity contribution is 5.89. The SMILES string of the molecule is CCOC(=O)c1ccc(Oc2c(C(F)(F)F)oc3c4c(ccc3c2=O)OCN(CC(C)C)C4)cc1. The van der Waals surface area contributed by atoms with Crippen LogP contribution in [0, 0.1) is 5.92 Å². The van der Waals surface area contributed by atoms with Crippen molar-refractivity contribution in [3.63, 3.8) is 0 Å². The van der Waals surface area contributed by atoms with E-state index in [1.165, 1.54) is 30.3 Å². The largest absolute Gasteiger partial charge is 0.478 e. The number of carbonyl (C=O) groups excluding carboxylic acids is 1. The van der Waals surface area contributed by atoms with Gasteiger partial charge in [-0.3, -0.25) is 9.69 Å². The van der Waals surface area contributed by atoms with Crippen LogP contribution in [0.1, 0.15) is 42.5 Å². The van der Waals surface area contributed by atoms with Crippen molar-refractivity contribution in [1.82, 2.24) is 4.90 Å². The molecular formula is C25H24F3NO6. The van der Waals surface area contributed by atoms with Crippen LogP contribution in [0.5, 0.6) is 17.2 Å². The third-order valence-corrected chi connectivity index (χ3v) is 5.33. The molecule has 0 radical (unpaired) electrons. The van der Waals surface area contributed by atoms with E-state index in [1.54, 1.807) is 13.0 Å². The highest BCUT2D eigenvalue weighted by atomic mass is 19.4. The number of esters is 1. The topological polar surface area (TPSA) is 78.2 Å². The van der Waals surface area contributed by atoms with Crippen LogP contribution >= 0.6 is 0 Å². The van der Waals surface area contributed by atoms with Crippen molar-refractivity contribution in [2.75, 3.05) is 19.9 Å². The fourth-order valence-corrected chi connectivity index (χ4v) is 3.90. The summed E-state index contributed by atoms with van der Waals surface area (Å²) in [6, 6.07) is 8.14. The molecule has 0 saturated carbocycles. The van der Waals surface area contributed by atoms with Gasteiger partial charge in [0.1, 0.15) is 23.8 Å². The molecule has 3 aromatic rings. The summed E-state index contributed by atoms with van der Waals surface area (Å²) in [6.07, 6.45) is -5.00. The lowest BCUT2D eigenvalue weighted by Gasteiger charge is -2.30. The highest BCUT2D eigenvalue weighted by Crippen LogP contribution is 2.41. The number of alkyl halides is 3. The molecule has 0 amide bonds. The smallest absolute Gasteiger partial charge is 0.453 e. The standard InChI is InChI=1S/C25H24F3NO6/c1-4-32-24(31)15-5-7-16(8-6-15)34-22-20(30)17-9-10-19-18(12-29(13-33-19)11-14(2)3)21(17)35-23(22)25(26,27)28/h5-10,14H,4,11-13H2,1-3H3. The van der Waals surface area contributed by atoms with Crippen LogP contribution in [0.25, 0.3) is 11.0 Å². The Balaban J connectivity index is 1.78. The Hall–Kier alpha value is -3.53. The van der Waals surface area contributed by atoms with Gasteiger partial charge in [-0.15, -0.1) is 0 Å². The van der Waals surface area contributed by atoms with Gasteiger partial charge >= 0.3 is 12.1 Å². The molecule has 0 N–H and O–H groups in total. The predicted molar refractivity (Wildman–Crippen MR) is 121 cm³/mol. The minimum Gasteiger partial charge on any atom is -0.478 e. The molecule has 7 nitrogen and oxygen atoms in total. The molecule has 10 heteroatoms. The fraction of sp³-hybridized carbons (Fsp3) is 0.360. The van der Waals surface area contributed by atoms with E-state index >= 15 is 0 Å². The van der Waals surface area contributed by atoms with Crippen molar-refractivity contribution >= 4 is 16.9 Å². The summed E-state index contributed by atoms with van der Waals surface area (Å²) in [5, 5.41) is -0.0510. The van der Waals surface area contributed by atoms with Crippen molar-refractivity contribution in [2.45, 2.75) is 33.5 Å². The molecule has 4 rings (SSSR count). The van der Waals surface area contributed by atoms with E-state index in [0.717, 1.165) is 0 Å². The summed E-state index contributed by atoms with van der Waals surface area (Å²) in [5.74, 6) is -2.50. The van der Waals surface area contributed by atoms with Gasteiger partial charge in [0.15, 0.2) is 0 Å². The van der Waals surface area contributed by atoms with E-state index < -0.39 is 29.1 Å². The zero-order chi connectivity index (χ0) is 25.3. The molecule has 0 bridgehead atoms. The van der Waals surface area contributed by atoms with Gasteiger partial charge < -0.3 is 18.6 Å². The molecule has 35 heavy (non-hydrogen) atoms. The lowest BCUT2D eigenvalue weighted by Crippen LogP contribution is -2.35. The van der Waals surface area contributed by atoms with E-state index in [-0.39, 0.29) is 42.2 Å². The minimum absolute atomic E-state index is 0.0510. The molecule has 2 heterocycles. The van der Waals surface area contributed by atoms with Gasteiger partial charge in [-0.25, -0.2) is 4.79 Å². The van der Waals surface area contributed by atoms with E-state index in [9.17, 15) is 22.8 Å². The molecule has 0 atom stereocenters. The van der Waals surface area contributed by atoms with E-state index in [1.807, 2.05) is 18.7 Å². The Kier molecular flexibility index (Phi) is 6.75. The number of halogens is 3. The third-order valence-electron chi connectivity index (χ3n) is 5.33. The van der Waals surface area contributed by atoms with Crippen LogP contribution in [0.4, 0.5) is 13.2 Å². The molecule has 1 aliphatic rings. The lowest BCUT2D eigenvalue weighted by atomic mass is 10.1. The van der Waals surface area contributed by atoms with Crippen LogP contribution in [0.2, 0.25) is 0 Å². The quantitative estimate of drug-likeness (QED) is 0.416. The van der Waals surface area contributed by atoms with Crippen molar-refractivity contribution in [2.24, 2.45) is 5.92 Å². The Morgan fingerprint density at radius 1 is 1.14 bits per heavy atom. The van der Waals surface area contributed by atoms with E-state index in [2.05, 4.69) is 0 Å². The fourth-order valence-electron chi connectivity index (χ4n) is 3.90. The van der Waals surface area contributed by atoms with Crippen molar-refractivity contribution < 1.29 is 36.6 Å². The third kappa shape index (κ3) is 5.12. The van der Waals surface area contributed by atoms with Gasteiger partial charge in [0.2, 0.25) is 11.2 Å². The second-order valence-corrected chi connectivity index (χ2v) is 8.53. The normalized spacial score (nSPS) is 14.0. The summed E-state index contributed by atoms with van der Waals surface area (Å²) in [4.78, 5) is 26.9. The summed E-state index contributed by atoms with van der Waals surface area (Å²) >= 11 is 0. The van der Waals surface area contributed by atoms with Crippen molar-refractivity contribution in [3.05, 3.63) is 63.5 Å². The van der Waals surface area contributed by atoms with Crippen LogP contribution in [-0.4, -0.2) is 30.8 Å². The number of hydrogen-bond donors (Lipinski definition) is 0. The molecule has 186 valence electrons. The Labute approximate surface area is 199 Å². The Bertz CT molecular complexity index is 1300. The Morgan fingerprint density at radius 2 is 1.86 bits per heavy atom. The van der Waals surface area contributed by atoms with Crippen molar-refractivity contribution in [1.29, 1.82) is 0 Å². The van der Waals surface area contributed by atoms with Crippen molar-refractivity contribution in [3.8, 4) is 17.2 Å². The summed E-state index contributed by atoms with van der Waals surface area (Å²) in [7, 11) is 0. The number of rotatable bonds is 6. The van der Waals surface area contributed by atoms with Gasteiger partial charge in [-0.1, -0.05) is 13.8 Å². The molecule has 0 fully saturated rings.